The predicted molar refractivity (Wildman–Crippen MR) is 84.2 cm³/mol. The quantitative estimate of drug-likeness (QED) is 0.867. The van der Waals surface area contributed by atoms with Gasteiger partial charge in [-0.25, -0.2) is 14.4 Å². The predicted octanol–water partition coefficient (Wildman–Crippen LogP) is 3.97. The van der Waals surface area contributed by atoms with Crippen LogP contribution >= 0.6 is 11.8 Å². The van der Waals surface area contributed by atoms with Crippen LogP contribution in [0.4, 0.5) is 4.39 Å². The molecule has 0 spiro atoms. The molecule has 0 amide bonds. The van der Waals surface area contributed by atoms with E-state index in [9.17, 15) is 4.39 Å². The van der Waals surface area contributed by atoms with E-state index in [4.69, 9.17) is 0 Å². The fourth-order valence-electron chi connectivity index (χ4n) is 2.09. The maximum Gasteiger partial charge on any atom is 0.192 e. The summed E-state index contributed by atoms with van der Waals surface area (Å²) in [5.74, 6) is -0.183. The van der Waals surface area contributed by atoms with Crippen LogP contribution in [0.25, 0.3) is 0 Å². The van der Waals surface area contributed by atoms with Gasteiger partial charge < -0.3 is 5.32 Å². The average molecular weight is 305 g/mol. The molecule has 112 valence electrons. The minimum Gasteiger partial charge on any atom is -0.313 e. The molecule has 0 saturated heterocycles. The van der Waals surface area contributed by atoms with Gasteiger partial charge in [0.1, 0.15) is 5.82 Å². The summed E-state index contributed by atoms with van der Waals surface area (Å²) in [6, 6.07) is 5.47. The third-order valence-corrected chi connectivity index (χ3v) is 4.29. The molecule has 0 bridgehead atoms. The largest absolute Gasteiger partial charge is 0.313 e. The minimum atomic E-state index is -0.183. The van der Waals surface area contributed by atoms with Crippen molar-refractivity contribution in [3.63, 3.8) is 0 Å². The molecule has 1 unspecified atom stereocenters. The molecule has 0 fully saturated rings. The van der Waals surface area contributed by atoms with Crippen molar-refractivity contribution >= 4 is 11.8 Å². The van der Waals surface area contributed by atoms with E-state index in [0.717, 1.165) is 21.8 Å². The first-order chi connectivity index (χ1) is 9.90. The van der Waals surface area contributed by atoms with Gasteiger partial charge in [0.05, 0.1) is 0 Å². The van der Waals surface area contributed by atoms with Gasteiger partial charge in [0.25, 0.3) is 0 Å². The molecule has 3 nitrogen and oxygen atoms in total. The van der Waals surface area contributed by atoms with Crippen molar-refractivity contribution in [2.45, 2.75) is 43.8 Å². The Morgan fingerprint density at radius 2 is 1.71 bits per heavy atom. The zero-order valence-electron chi connectivity index (χ0n) is 13.0. The van der Waals surface area contributed by atoms with Gasteiger partial charge in [-0.2, -0.15) is 0 Å². The molecule has 2 rings (SSSR count). The number of nitrogens with zero attached hydrogens (tertiary/aromatic N) is 2. The number of nitrogens with one attached hydrogen (secondary N) is 1. The SMILES string of the molecule is CNC(C)c1cc(F)c(C)cc1Sc1nc(C)cc(C)n1. The van der Waals surface area contributed by atoms with E-state index in [0.29, 0.717) is 10.7 Å². The maximum absolute atomic E-state index is 13.9. The summed E-state index contributed by atoms with van der Waals surface area (Å²) in [7, 11) is 1.87. The molecule has 0 saturated carbocycles. The van der Waals surface area contributed by atoms with Crippen LogP contribution in [0.3, 0.4) is 0 Å². The summed E-state index contributed by atoms with van der Waals surface area (Å²) in [5, 5.41) is 3.85. The van der Waals surface area contributed by atoms with Gasteiger partial charge in [-0.1, -0.05) is 0 Å². The van der Waals surface area contributed by atoms with Gasteiger partial charge in [0.15, 0.2) is 5.16 Å². The van der Waals surface area contributed by atoms with Crippen LogP contribution in [0, 0.1) is 26.6 Å². The van der Waals surface area contributed by atoms with Crippen molar-refractivity contribution in [3.05, 3.63) is 46.5 Å². The summed E-state index contributed by atoms with van der Waals surface area (Å²) in [6.45, 7) is 7.68. The number of rotatable bonds is 4. The number of halogens is 1. The third-order valence-electron chi connectivity index (χ3n) is 3.35. The van der Waals surface area contributed by atoms with Gasteiger partial charge in [0.2, 0.25) is 0 Å². The first-order valence-corrected chi connectivity index (χ1v) is 7.69. The van der Waals surface area contributed by atoms with Gasteiger partial charge in [-0.15, -0.1) is 0 Å². The molecular formula is C16H20FN3S. The van der Waals surface area contributed by atoms with Crippen molar-refractivity contribution in [3.8, 4) is 0 Å². The van der Waals surface area contributed by atoms with E-state index >= 15 is 0 Å². The van der Waals surface area contributed by atoms with Gasteiger partial charge >= 0.3 is 0 Å². The van der Waals surface area contributed by atoms with Crippen LogP contribution < -0.4 is 5.32 Å². The number of aromatic nitrogens is 2. The highest BCUT2D eigenvalue weighted by molar-refractivity contribution is 7.99. The Hall–Kier alpha value is -1.46. The molecule has 0 radical (unpaired) electrons. The standard InChI is InChI=1S/C16H20FN3S/c1-9-6-15(13(8-14(9)17)12(4)18-5)21-16-19-10(2)7-11(3)20-16/h6-8,12,18H,1-5H3. The van der Waals surface area contributed by atoms with Gasteiger partial charge in [-0.05, 0) is 75.8 Å². The van der Waals surface area contributed by atoms with Gasteiger partial charge in [-0.3, -0.25) is 0 Å². The second kappa shape index (κ2) is 6.54. The molecule has 0 aliphatic rings. The normalized spacial score (nSPS) is 12.5. The Labute approximate surface area is 129 Å². The lowest BCUT2D eigenvalue weighted by atomic mass is 10.1. The lowest BCUT2D eigenvalue weighted by Crippen LogP contribution is -2.14. The Balaban J connectivity index is 2.44. The van der Waals surface area contributed by atoms with Crippen molar-refractivity contribution in [2.75, 3.05) is 7.05 Å². The van der Waals surface area contributed by atoms with Crippen LogP contribution in [0.1, 0.15) is 35.5 Å². The fraction of sp³-hybridized carbons (Fsp3) is 0.375. The third kappa shape index (κ3) is 3.80. The second-order valence-corrected chi connectivity index (χ2v) is 6.19. The van der Waals surface area contributed by atoms with Crippen LogP contribution in [0.5, 0.6) is 0 Å². The Kier molecular flexibility index (Phi) is 4.96. The number of benzene rings is 1. The lowest BCUT2D eigenvalue weighted by Gasteiger charge is -2.16. The average Bonchev–Trinajstić information content (AvgIpc) is 2.40. The molecule has 1 aromatic heterocycles. The van der Waals surface area contributed by atoms with E-state index in [1.165, 1.54) is 11.8 Å². The van der Waals surface area contributed by atoms with E-state index in [1.54, 1.807) is 13.0 Å². The molecular weight excluding hydrogens is 285 g/mol. The number of hydrogen-bond donors (Lipinski definition) is 1. The molecule has 5 heteroatoms. The lowest BCUT2D eigenvalue weighted by molar-refractivity contribution is 0.594. The molecule has 1 heterocycles. The van der Waals surface area contributed by atoms with Crippen LogP contribution in [0.15, 0.2) is 28.3 Å². The molecule has 0 aliphatic heterocycles. The monoisotopic (exact) mass is 305 g/mol. The van der Waals surface area contributed by atoms with Crippen molar-refractivity contribution in [2.24, 2.45) is 0 Å². The highest BCUT2D eigenvalue weighted by Gasteiger charge is 2.15. The smallest absolute Gasteiger partial charge is 0.192 e. The second-order valence-electron chi connectivity index (χ2n) is 5.18. The van der Waals surface area contributed by atoms with Crippen molar-refractivity contribution in [1.29, 1.82) is 0 Å². The first-order valence-electron chi connectivity index (χ1n) is 6.88. The summed E-state index contributed by atoms with van der Waals surface area (Å²) in [6.07, 6.45) is 0. The van der Waals surface area contributed by atoms with E-state index in [2.05, 4.69) is 15.3 Å². The highest BCUT2D eigenvalue weighted by Crippen LogP contribution is 2.33. The number of aryl methyl sites for hydroxylation is 3. The topological polar surface area (TPSA) is 37.8 Å². The Morgan fingerprint density at radius 1 is 1.10 bits per heavy atom. The summed E-state index contributed by atoms with van der Waals surface area (Å²) >= 11 is 1.48. The molecule has 1 N–H and O–H groups in total. The van der Waals surface area contributed by atoms with Crippen LogP contribution in [-0.4, -0.2) is 17.0 Å². The van der Waals surface area contributed by atoms with E-state index < -0.39 is 0 Å². The van der Waals surface area contributed by atoms with Crippen molar-refractivity contribution < 1.29 is 4.39 Å². The van der Waals surface area contributed by atoms with E-state index in [-0.39, 0.29) is 11.9 Å². The van der Waals surface area contributed by atoms with E-state index in [1.807, 2.05) is 40.0 Å². The fourth-order valence-corrected chi connectivity index (χ4v) is 3.26. The summed E-state index contributed by atoms with van der Waals surface area (Å²) < 4.78 is 13.9. The zero-order valence-corrected chi connectivity index (χ0v) is 13.8. The number of hydrogen-bond acceptors (Lipinski definition) is 4. The maximum atomic E-state index is 13.9. The highest BCUT2D eigenvalue weighted by atomic mass is 32.2. The molecule has 0 aliphatic carbocycles. The molecule has 2 aromatic rings. The Bertz CT molecular complexity index is 638. The van der Waals surface area contributed by atoms with Gasteiger partial charge in [0, 0.05) is 22.3 Å². The molecule has 1 aromatic carbocycles. The molecule has 1 atom stereocenters. The summed E-state index contributed by atoms with van der Waals surface area (Å²) in [4.78, 5) is 9.88. The zero-order chi connectivity index (χ0) is 15.6. The Morgan fingerprint density at radius 3 is 2.29 bits per heavy atom. The van der Waals surface area contributed by atoms with Crippen molar-refractivity contribution in [1.82, 2.24) is 15.3 Å². The molecule has 21 heavy (non-hydrogen) atoms. The van der Waals surface area contributed by atoms with Crippen LogP contribution in [0.2, 0.25) is 0 Å². The first kappa shape index (κ1) is 15.9. The minimum absolute atomic E-state index is 0.0634. The summed E-state index contributed by atoms with van der Waals surface area (Å²) in [5.41, 5.74) is 3.43. The van der Waals surface area contributed by atoms with Crippen LogP contribution in [-0.2, 0) is 0 Å².